The standard InChI is InChI=1S/C9H14N2O4S/c1-5(10-6(2)12)8(13)11-4-16-3-7(11)9(14)15/h5,7H,3-4H2,1-2H3,(H,10,12)(H,14,15). The Morgan fingerprint density at radius 3 is 2.62 bits per heavy atom. The van der Waals surface area contributed by atoms with E-state index in [0.717, 1.165) is 0 Å². The van der Waals surface area contributed by atoms with Crippen LogP contribution in [0.4, 0.5) is 0 Å². The lowest BCUT2D eigenvalue weighted by Gasteiger charge is -2.24. The van der Waals surface area contributed by atoms with E-state index in [-0.39, 0.29) is 11.8 Å². The minimum absolute atomic E-state index is 0.306. The number of carboxylic acid groups (broad SMARTS) is 1. The van der Waals surface area contributed by atoms with E-state index in [2.05, 4.69) is 5.32 Å². The molecule has 0 aromatic carbocycles. The molecule has 1 saturated heterocycles. The van der Waals surface area contributed by atoms with E-state index in [1.165, 1.54) is 23.6 Å². The smallest absolute Gasteiger partial charge is 0.327 e. The quantitative estimate of drug-likeness (QED) is 0.701. The Morgan fingerprint density at radius 1 is 1.50 bits per heavy atom. The molecule has 1 aliphatic rings. The lowest BCUT2D eigenvalue weighted by Crippen LogP contribution is -2.50. The van der Waals surface area contributed by atoms with Gasteiger partial charge in [-0.15, -0.1) is 11.8 Å². The molecule has 90 valence electrons. The van der Waals surface area contributed by atoms with Crippen LogP contribution in [0.3, 0.4) is 0 Å². The van der Waals surface area contributed by atoms with Crippen LogP contribution in [0.1, 0.15) is 13.8 Å². The van der Waals surface area contributed by atoms with Crippen LogP contribution >= 0.6 is 11.8 Å². The summed E-state index contributed by atoms with van der Waals surface area (Å²) < 4.78 is 0. The van der Waals surface area contributed by atoms with Gasteiger partial charge in [0.05, 0.1) is 5.88 Å². The zero-order valence-corrected chi connectivity index (χ0v) is 9.91. The van der Waals surface area contributed by atoms with Crippen molar-refractivity contribution in [2.45, 2.75) is 25.9 Å². The Kier molecular flexibility index (Phi) is 4.17. The van der Waals surface area contributed by atoms with Gasteiger partial charge >= 0.3 is 5.97 Å². The molecule has 0 aromatic heterocycles. The minimum Gasteiger partial charge on any atom is -0.480 e. The third-order valence-electron chi connectivity index (χ3n) is 2.24. The highest BCUT2D eigenvalue weighted by Crippen LogP contribution is 2.21. The summed E-state index contributed by atoms with van der Waals surface area (Å²) in [6.07, 6.45) is 0. The number of nitrogens with zero attached hydrogens (tertiary/aromatic N) is 1. The van der Waals surface area contributed by atoms with E-state index in [0.29, 0.717) is 11.6 Å². The number of carboxylic acids is 1. The van der Waals surface area contributed by atoms with Crippen molar-refractivity contribution in [3.63, 3.8) is 0 Å². The molecular formula is C9H14N2O4S. The van der Waals surface area contributed by atoms with Gasteiger partial charge in [-0.05, 0) is 6.92 Å². The summed E-state index contributed by atoms with van der Waals surface area (Å²) in [5.41, 5.74) is 0. The molecule has 1 fully saturated rings. The van der Waals surface area contributed by atoms with Crippen LogP contribution < -0.4 is 5.32 Å². The summed E-state index contributed by atoms with van der Waals surface area (Å²) in [5, 5.41) is 11.3. The van der Waals surface area contributed by atoms with Crippen molar-refractivity contribution in [2.24, 2.45) is 0 Å². The first-order valence-corrected chi connectivity index (χ1v) is 5.97. The Morgan fingerprint density at radius 2 is 2.12 bits per heavy atom. The predicted octanol–water partition coefficient (Wildman–Crippen LogP) is -0.503. The third kappa shape index (κ3) is 2.88. The van der Waals surface area contributed by atoms with Gasteiger partial charge in [-0.25, -0.2) is 4.79 Å². The molecule has 7 heteroatoms. The summed E-state index contributed by atoms with van der Waals surface area (Å²) >= 11 is 1.39. The minimum atomic E-state index is -1.01. The van der Waals surface area contributed by atoms with Crippen molar-refractivity contribution in [2.75, 3.05) is 11.6 Å². The fourth-order valence-corrected chi connectivity index (χ4v) is 2.63. The highest BCUT2D eigenvalue weighted by atomic mass is 32.2. The van der Waals surface area contributed by atoms with Crippen LogP contribution in [-0.4, -0.2) is 51.5 Å². The van der Waals surface area contributed by atoms with Crippen LogP contribution in [0.2, 0.25) is 0 Å². The molecule has 2 unspecified atom stereocenters. The largest absolute Gasteiger partial charge is 0.480 e. The Hall–Kier alpha value is -1.24. The van der Waals surface area contributed by atoms with E-state index in [4.69, 9.17) is 5.11 Å². The second kappa shape index (κ2) is 5.20. The Bertz CT molecular complexity index is 321. The summed E-state index contributed by atoms with van der Waals surface area (Å²) in [6.45, 7) is 2.86. The lowest BCUT2D eigenvalue weighted by molar-refractivity contribution is -0.148. The molecule has 0 bridgehead atoms. The Balaban J connectivity index is 2.65. The van der Waals surface area contributed by atoms with E-state index >= 15 is 0 Å². The molecule has 1 rings (SSSR count). The van der Waals surface area contributed by atoms with Gasteiger partial charge in [0.2, 0.25) is 11.8 Å². The molecule has 0 aromatic rings. The SMILES string of the molecule is CC(=O)NC(C)C(=O)N1CSCC1C(=O)O. The summed E-state index contributed by atoms with van der Waals surface area (Å²) in [4.78, 5) is 34.8. The van der Waals surface area contributed by atoms with Gasteiger partial charge in [0.1, 0.15) is 12.1 Å². The number of carbonyl (C=O) groups is 3. The molecule has 2 atom stereocenters. The average molecular weight is 246 g/mol. The fraction of sp³-hybridized carbons (Fsp3) is 0.667. The number of amides is 2. The molecule has 0 aliphatic carbocycles. The van der Waals surface area contributed by atoms with E-state index in [1.54, 1.807) is 6.92 Å². The number of nitrogens with one attached hydrogen (secondary N) is 1. The highest BCUT2D eigenvalue weighted by molar-refractivity contribution is 7.99. The summed E-state index contributed by atoms with van der Waals surface area (Å²) in [7, 11) is 0. The second-order valence-corrected chi connectivity index (χ2v) is 4.58. The molecule has 1 heterocycles. The van der Waals surface area contributed by atoms with Crippen LogP contribution in [0.5, 0.6) is 0 Å². The molecule has 1 aliphatic heterocycles. The van der Waals surface area contributed by atoms with Crippen molar-refractivity contribution in [1.82, 2.24) is 10.2 Å². The molecule has 0 saturated carbocycles. The van der Waals surface area contributed by atoms with Crippen LogP contribution in [0.15, 0.2) is 0 Å². The van der Waals surface area contributed by atoms with E-state index in [1.807, 2.05) is 0 Å². The van der Waals surface area contributed by atoms with E-state index < -0.39 is 18.1 Å². The maximum atomic E-state index is 11.8. The average Bonchev–Trinajstić information content (AvgIpc) is 2.63. The number of hydrogen-bond acceptors (Lipinski definition) is 4. The second-order valence-electron chi connectivity index (χ2n) is 3.58. The number of carbonyl (C=O) groups excluding carboxylic acids is 2. The summed E-state index contributed by atoms with van der Waals surface area (Å²) in [6, 6.07) is -1.47. The third-order valence-corrected chi connectivity index (χ3v) is 3.25. The van der Waals surface area contributed by atoms with Crippen LogP contribution in [0, 0.1) is 0 Å². The first-order chi connectivity index (χ1) is 7.43. The monoisotopic (exact) mass is 246 g/mol. The van der Waals surface area contributed by atoms with Crippen molar-refractivity contribution in [3.05, 3.63) is 0 Å². The van der Waals surface area contributed by atoms with Crippen molar-refractivity contribution >= 4 is 29.5 Å². The maximum absolute atomic E-state index is 11.8. The number of thioether (sulfide) groups is 1. The topological polar surface area (TPSA) is 86.7 Å². The van der Waals surface area contributed by atoms with Crippen molar-refractivity contribution in [1.29, 1.82) is 0 Å². The van der Waals surface area contributed by atoms with Crippen molar-refractivity contribution < 1.29 is 19.5 Å². The summed E-state index contributed by atoms with van der Waals surface area (Å²) in [5.74, 6) is -0.909. The van der Waals surface area contributed by atoms with Gasteiger partial charge in [0, 0.05) is 12.7 Å². The molecular weight excluding hydrogens is 232 g/mol. The number of aliphatic carboxylic acids is 1. The van der Waals surface area contributed by atoms with Gasteiger partial charge in [-0.1, -0.05) is 0 Å². The zero-order valence-electron chi connectivity index (χ0n) is 9.10. The van der Waals surface area contributed by atoms with Gasteiger partial charge in [0.15, 0.2) is 0 Å². The molecule has 16 heavy (non-hydrogen) atoms. The molecule has 6 nitrogen and oxygen atoms in total. The van der Waals surface area contributed by atoms with Gasteiger partial charge < -0.3 is 15.3 Å². The van der Waals surface area contributed by atoms with Gasteiger partial charge in [-0.3, -0.25) is 9.59 Å². The normalized spacial score (nSPS) is 21.6. The number of hydrogen-bond donors (Lipinski definition) is 2. The number of rotatable bonds is 3. The molecule has 0 radical (unpaired) electrons. The van der Waals surface area contributed by atoms with Gasteiger partial charge in [0.25, 0.3) is 0 Å². The fourth-order valence-electron chi connectivity index (χ4n) is 1.48. The van der Waals surface area contributed by atoms with Crippen molar-refractivity contribution in [3.8, 4) is 0 Å². The van der Waals surface area contributed by atoms with E-state index in [9.17, 15) is 14.4 Å². The molecule has 2 amide bonds. The van der Waals surface area contributed by atoms with Crippen LogP contribution in [0.25, 0.3) is 0 Å². The highest BCUT2D eigenvalue weighted by Gasteiger charge is 2.36. The molecule has 2 N–H and O–H groups in total. The maximum Gasteiger partial charge on any atom is 0.327 e. The first-order valence-electron chi connectivity index (χ1n) is 4.81. The van der Waals surface area contributed by atoms with Gasteiger partial charge in [-0.2, -0.15) is 0 Å². The van der Waals surface area contributed by atoms with Crippen LogP contribution in [-0.2, 0) is 14.4 Å². The zero-order chi connectivity index (χ0) is 12.3. The lowest BCUT2D eigenvalue weighted by atomic mass is 10.2. The predicted molar refractivity (Wildman–Crippen MR) is 58.9 cm³/mol. The molecule has 0 spiro atoms. The Labute approximate surface area is 97.4 Å². The first kappa shape index (κ1) is 12.8.